The van der Waals surface area contributed by atoms with E-state index in [-0.39, 0.29) is 19.1 Å². The number of amides is 1. The van der Waals surface area contributed by atoms with E-state index in [1.807, 2.05) is 0 Å². The van der Waals surface area contributed by atoms with Crippen LogP contribution in [0.15, 0.2) is 0 Å². The van der Waals surface area contributed by atoms with Crippen LogP contribution in [0.3, 0.4) is 0 Å². The predicted molar refractivity (Wildman–Crippen MR) is 59.2 cm³/mol. The summed E-state index contributed by atoms with van der Waals surface area (Å²) in [6, 6.07) is 0. The molecule has 0 aromatic carbocycles. The number of hydrogen-bond acceptors (Lipinski definition) is 4. The molecule has 7 heteroatoms. The number of rotatable bonds is 11. The van der Waals surface area contributed by atoms with Crippen LogP contribution in [0, 0.1) is 0 Å². The second-order valence-corrected chi connectivity index (χ2v) is 3.34. The van der Waals surface area contributed by atoms with Crippen molar-refractivity contribution in [2.24, 2.45) is 0 Å². The van der Waals surface area contributed by atoms with Crippen LogP contribution in [0.2, 0.25) is 0 Å². The molecule has 0 spiro atoms. The van der Waals surface area contributed by atoms with Crippen LogP contribution in [0.5, 0.6) is 0 Å². The van der Waals surface area contributed by atoms with Crippen LogP contribution < -0.4 is 10.6 Å². The maximum absolute atomic E-state index is 11.7. The lowest BCUT2D eigenvalue weighted by Gasteiger charge is -2.07. The number of alkyl halides is 2. The summed E-state index contributed by atoms with van der Waals surface area (Å²) in [7, 11) is 1.60. The van der Waals surface area contributed by atoms with Gasteiger partial charge in [0.15, 0.2) is 0 Å². The van der Waals surface area contributed by atoms with Crippen LogP contribution in [0.4, 0.5) is 8.78 Å². The molecule has 0 aliphatic carbocycles. The molecule has 0 aliphatic heterocycles. The van der Waals surface area contributed by atoms with E-state index in [1.165, 1.54) is 0 Å². The third-order valence-electron chi connectivity index (χ3n) is 1.80. The van der Waals surface area contributed by atoms with Gasteiger partial charge < -0.3 is 20.1 Å². The van der Waals surface area contributed by atoms with Gasteiger partial charge in [0.1, 0.15) is 6.61 Å². The summed E-state index contributed by atoms with van der Waals surface area (Å²) in [6.07, 6.45) is -1.68. The molecule has 0 saturated carbocycles. The molecular weight excluding hydrogens is 234 g/mol. The van der Waals surface area contributed by atoms with Gasteiger partial charge in [0, 0.05) is 26.8 Å². The Morgan fingerprint density at radius 2 is 2.06 bits per heavy atom. The first-order valence-corrected chi connectivity index (χ1v) is 5.49. The van der Waals surface area contributed by atoms with Gasteiger partial charge in [-0.15, -0.1) is 0 Å². The van der Waals surface area contributed by atoms with Crippen LogP contribution >= 0.6 is 0 Å². The Hall–Kier alpha value is -0.790. The summed E-state index contributed by atoms with van der Waals surface area (Å²) in [5.41, 5.74) is 0. The third kappa shape index (κ3) is 13.1. The van der Waals surface area contributed by atoms with Gasteiger partial charge in [-0.05, 0) is 6.42 Å². The zero-order chi connectivity index (χ0) is 12.9. The summed E-state index contributed by atoms with van der Waals surface area (Å²) in [5, 5.41) is 5.47. The van der Waals surface area contributed by atoms with Crippen molar-refractivity contribution in [2.45, 2.75) is 12.8 Å². The normalized spacial score (nSPS) is 10.8. The second-order valence-electron chi connectivity index (χ2n) is 3.34. The fraction of sp³-hybridized carbons (Fsp3) is 0.900. The minimum atomic E-state index is -2.45. The molecule has 0 fully saturated rings. The Morgan fingerprint density at radius 1 is 1.29 bits per heavy atom. The number of methoxy groups -OCH3 is 1. The highest BCUT2D eigenvalue weighted by Gasteiger charge is 2.02. The van der Waals surface area contributed by atoms with Crippen molar-refractivity contribution in [2.75, 3.05) is 46.6 Å². The highest BCUT2D eigenvalue weighted by Crippen LogP contribution is 1.91. The quantitative estimate of drug-likeness (QED) is 0.510. The molecule has 0 bridgehead atoms. The van der Waals surface area contributed by atoms with Crippen molar-refractivity contribution >= 4 is 5.91 Å². The molecule has 102 valence electrons. The van der Waals surface area contributed by atoms with Crippen LogP contribution in [0.1, 0.15) is 6.42 Å². The molecule has 1 amide bonds. The topological polar surface area (TPSA) is 59.6 Å². The summed E-state index contributed by atoms with van der Waals surface area (Å²) in [5.74, 6) is -0.130. The van der Waals surface area contributed by atoms with E-state index in [0.717, 1.165) is 6.42 Å². The van der Waals surface area contributed by atoms with E-state index in [9.17, 15) is 13.6 Å². The van der Waals surface area contributed by atoms with Crippen molar-refractivity contribution in [1.29, 1.82) is 0 Å². The van der Waals surface area contributed by atoms with Crippen molar-refractivity contribution in [3.05, 3.63) is 0 Å². The van der Waals surface area contributed by atoms with Crippen LogP contribution in [-0.2, 0) is 14.3 Å². The molecule has 0 aliphatic rings. The number of ether oxygens (including phenoxy) is 2. The smallest absolute Gasteiger partial charge is 0.261 e. The summed E-state index contributed by atoms with van der Waals surface area (Å²) in [4.78, 5) is 11.2. The zero-order valence-electron chi connectivity index (χ0n) is 10.0. The first-order chi connectivity index (χ1) is 8.16. The zero-order valence-corrected chi connectivity index (χ0v) is 10.0. The van der Waals surface area contributed by atoms with E-state index >= 15 is 0 Å². The first-order valence-electron chi connectivity index (χ1n) is 5.49. The molecule has 0 aromatic rings. The van der Waals surface area contributed by atoms with Gasteiger partial charge in [-0.3, -0.25) is 4.79 Å². The van der Waals surface area contributed by atoms with Crippen molar-refractivity contribution in [1.82, 2.24) is 10.6 Å². The fourth-order valence-electron chi connectivity index (χ4n) is 1.03. The number of carbonyl (C=O) groups is 1. The minimum absolute atomic E-state index is 0.130. The molecule has 0 saturated heterocycles. The maximum Gasteiger partial charge on any atom is 0.261 e. The van der Waals surface area contributed by atoms with Crippen molar-refractivity contribution in [3.8, 4) is 0 Å². The third-order valence-corrected chi connectivity index (χ3v) is 1.80. The second kappa shape index (κ2) is 11.7. The van der Waals surface area contributed by atoms with Gasteiger partial charge in [-0.25, -0.2) is 8.78 Å². The Labute approximate surface area is 99.8 Å². The lowest BCUT2D eigenvalue weighted by atomic mass is 10.4. The summed E-state index contributed by atoms with van der Waals surface area (Å²) >= 11 is 0. The average Bonchev–Trinajstić information content (AvgIpc) is 2.29. The van der Waals surface area contributed by atoms with Crippen molar-refractivity contribution < 1.29 is 23.0 Å². The van der Waals surface area contributed by atoms with E-state index in [1.54, 1.807) is 7.11 Å². The van der Waals surface area contributed by atoms with Gasteiger partial charge >= 0.3 is 0 Å². The fourth-order valence-corrected chi connectivity index (χ4v) is 1.03. The number of nitrogens with one attached hydrogen (secondary N) is 2. The summed E-state index contributed by atoms with van der Waals surface area (Å²) in [6.45, 7) is 1.31. The van der Waals surface area contributed by atoms with Gasteiger partial charge in [-0.1, -0.05) is 0 Å². The summed E-state index contributed by atoms with van der Waals surface area (Å²) < 4.78 is 32.8. The highest BCUT2D eigenvalue weighted by atomic mass is 19.3. The molecule has 0 heterocycles. The molecule has 17 heavy (non-hydrogen) atoms. The monoisotopic (exact) mass is 254 g/mol. The molecule has 5 nitrogen and oxygen atoms in total. The maximum atomic E-state index is 11.7. The van der Waals surface area contributed by atoms with Gasteiger partial charge in [0.2, 0.25) is 5.91 Å². The predicted octanol–water partition coefficient (Wildman–Crippen LogP) is 0.0104. The largest absolute Gasteiger partial charge is 0.385 e. The number of carbonyl (C=O) groups excluding carboxylic acids is 1. The number of halogens is 2. The molecule has 0 atom stereocenters. The van der Waals surface area contributed by atoms with Gasteiger partial charge in [-0.2, -0.15) is 0 Å². The lowest BCUT2D eigenvalue weighted by molar-refractivity contribution is -0.120. The Morgan fingerprint density at radius 3 is 2.71 bits per heavy atom. The van der Waals surface area contributed by atoms with Gasteiger partial charge in [0.05, 0.1) is 13.2 Å². The highest BCUT2D eigenvalue weighted by molar-refractivity contribution is 5.77. The molecule has 0 aromatic heterocycles. The van der Waals surface area contributed by atoms with Crippen LogP contribution in [-0.4, -0.2) is 58.9 Å². The van der Waals surface area contributed by atoms with E-state index in [2.05, 4.69) is 15.4 Å². The molecule has 0 rings (SSSR count). The molecular formula is C10H20F2N2O3. The Balaban J connectivity index is 3.16. The average molecular weight is 254 g/mol. The lowest BCUT2D eigenvalue weighted by Crippen LogP contribution is -2.36. The van der Waals surface area contributed by atoms with E-state index < -0.39 is 13.0 Å². The van der Waals surface area contributed by atoms with E-state index in [0.29, 0.717) is 19.7 Å². The standard InChI is InChI=1S/C10H20F2N2O3/c1-16-5-2-3-14-10(15)7-13-4-6-17-8-9(11)12/h9,13H,2-8H2,1H3,(H,14,15). The molecule has 0 radical (unpaired) electrons. The first kappa shape index (κ1) is 16.2. The molecule has 0 unspecified atom stereocenters. The van der Waals surface area contributed by atoms with Gasteiger partial charge in [0.25, 0.3) is 6.43 Å². The Kier molecular flexibility index (Phi) is 11.1. The van der Waals surface area contributed by atoms with Crippen LogP contribution in [0.25, 0.3) is 0 Å². The van der Waals surface area contributed by atoms with E-state index in [4.69, 9.17) is 4.74 Å². The minimum Gasteiger partial charge on any atom is -0.385 e. The molecule has 2 N–H and O–H groups in total. The Bertz CT molecular complexity index is 194. The van der Waals surface area contributed by atoms with Crippen molar-refractivity contribution in [3.63, 3.8) is 0 Å². The SMILES string of the molecule is COCCCNC(=O)CNCCOCC(F)F. The number of hydrogen-bond donors (Lipinski definition) is 2.